The van der Waals surface area contributed by atoms with Crippen molar-refractivity contribution in [2.24, 2.45) is 5.10 Å². The lowest BCUT2D eigenvalue weighted by molar-refractivity contribution is 0.474. The van der Waals surface area contributed by atoms with Crippen molar-refractivity contribution < 1.29 is 5.11 Å². The Hall–Kier alpha value is -1.52. The van der Waals surface area contributed by atoms with Crippen molar-refractivity contribution in [3.8, 4) is 5.75 Å². The number of rotatable bonds is 3. The molecule has 2 aromatic carbocycles. The summed E-state index contributed by atoms with van der Waals surface area (Å²) >= 11 is 9.18. The second-order valence-corrected chi connectivity index (χ2v) is 4.94. The number of anilines is 1. The Morgan fingerprint density at radius 3 is 2.83 bits per heavy atom. The van der Waals surface area contributed by atoms with E-state index in [0.29, 0.717) is 10.6 Å². The number of hydrazone groups is 1. The smallest absolute Gasteiger partial charge is 0.124 e. The second-order valence-electron chi connectivity index (χ2n) is 3.58. The van der Waals surface area contributed by atoms with Gasteiger partial charge in [-0.15, -0.1) is 0 Å². The van der Waals surface area contributed by atoms with Gasteiger partial charge < -0.3 is 5.11 Å². The molecular weight excluding hydrogens is 316 g/mol. The molecule has 0 saturated heterocycles. The van der Waals surface area contributed by atoms with Gasteiger partial charge in [0.25, 0.3) is 0 Å². The first-order valence-corrected chi connectivity index (χ1v) is 6.35. The van der Waals surface area contributed by atoms with E-state index >= 15 is 0 Å². The summed E-state index contributed by atoms with van der Waals surface area (Å²) < 4.78 is 0.879. The molecular formula is C13H10BrClN2O. The molecule has 0 aliphatic carbocycles. The highest BCUT2D eigenvalue weighted by Crippen LogP contribution is 2.20. The Morgan fingerprint density at radius 1 is 1.22 bits per heavy atom. The zero-order chi connectivity index (χ0) is 13.0. The maximum atomic E-state index is 9.62. The van der Waals surface area contributed by atoms with Gasteiger partial charge >= 0.3 is 0 Å². The zero-order valence-corrected chi connectivity index (χ0v) is 11.6. The SMILES string of the molecule is Oc1ccc(Br)cc1/C=N/Nc1cccc(Cl)c1. The van der Waals surface area contributed by atoms with Crippen molar-refractivity contribution in [2.45, 2.75) is 0 Å². The minimum absolute atomic E-state index is 0.176. The van der Waals surface area contributed by atoms with Crippen LogP contribution in [0.2, 0.25) is 5.02 Å². The molecule has 0 spiro atoms. The molecule has 2 N–H and O–H groups in total. The third-order valence-electron chi connectivity index (χ3n) is 2.21. The average Bonchev–Trinajstić information content (AvgIpc) is 2.34. The minimum Gasteiger partial charge on any atom is -0.507 e. The first-order chi connectivity index (χ1) is 8.65. The van der Waals surface area contributed by atoms with Crippen molar-refractivity contribution in [1.29, 1.82) is 0 Å². The number of phenolic OH excluding ortho intramolecular Hbond substituents is 1. The molecule has 0 aliphatic rings. The molecule has 0 aromatic heterocycles. The molecule has 0 amide bonds. The maximum Gasteiger partial charge on any atom is 0.124 e. The Morgan fingerprint density at radius 2 is 2.06 bits per heavy atom. The van der Waals surface area contributed by atoms with Crippen molar-refractivity contribution >= 4 is 39.4 Å². The van der Waals surface area contributed by atoms with Gasteiger partial charge in [0.1, 0.15) is 5.75 Å². The lowest BCUT2D eigenvalue weighted by atomic mass is 10.2. The average molecular weight is 326 g/mol. The van der Waals surface area contributed by atoms with E-state index in [2.05, 4.69) is 26.5 Å². The Kier molecular flexibility index (Phi) is 4.23. The van der Waals surface area contributed by atoms with Gasteiger partial charge in [-0.05, 0) is 36.4 Å². The lowest BCUT2D eigenvalue weighted by Gasteiger charge is -2.01. The summed E-state index contributed by atoms with van der Waals surface area (Å²) in [7, 11) is 0. The van der Waals surface area contributed by atoms with Crippen LogP contribution in [0.1, 0.15) is 5.56 Å². The van der Waals surface area contributed by atoms with Crippen LogP contribution in [0.4, 0.5) is 5.69 Å². The molecule has 5 heteroatoms. The van der Waals surface area contributed by atoms with Crippen LogP contribution in [0.25, 0.3) is 0 Å². The molecule has 2 aromatic rings. The predicted octanol–water partition coefficient (Wildman–Crippen LogP) is 4.25. The molecule has 0 heterocycles. The van der Waals surface area contributed by atoms with Crippen molar-refractivity contribution in [3.05, 3.63) is 57.5 Å². The fourth-order valence-corrected chi connectivity index (χ4v) is 1.93. The van der Waals surface area contributed by atoms with Crippen LogP contribution >= 0.6 is 27.5 Å². The Bertz CT molecular complexity index is 587. The highest BCUT2D eigenvalue weighted by Gasteiger charge is 1.98. The van der Waals surface area contributed by atoms with E-state index in [9.17, 15) is 5.11 Å². The van der Waals surface area contributed by atoms with Gasteiger partial charge in [0.05, 0.1) is 11.9 Å². The predicted molar refractivity (Wildman–Crippen MR) is 78.5 cm³/mol. The molecule has 0 unspecified atom stereocenters. The van der Waals surface area contributed by atoms with Crippen LogP contribution in [-0.4, -0.2) is 11.3 Å². The van der Waals surface area contributed by atoms with Gasteiger partial charge in [0.2, 0.25) is 0 Å². The molecule has 0 atom stereocenters. The van der Waals surface area contributed by atoms with Gasteiger partial charge in [-0.25, -0.2) is 0 Å². The van der Waals surface area contributed by atoms with E-state index in [1.54, 1.807) is 36.5 Å². The molecule has 0 aliphatic heterocycles. The summed E-state index contributed by atoms with van der Waals surface area (Å²) in [5.41, 5.74) is 4.25. The monoisotopic (exact) mass is 324 g/mol. The molecule has 2 rings (SSSR count). The maximum absolute atomic E-state index is 9.62. The van der Waals surface area contributed by atoms with Crippen molar-refractivity contribution in [3.63, 3.8) is 0 Å². The highest BCUT2D eigenvalue weighted by molar-refractivity contribution is 9.10. The van der Waals surface area contributed by atoms with Gasteiger partial charge in [0.15, 0.2) is 0 Å². The van der Waals surface area contributed by atoms with Crippen LogP contribution in [0.15, 0.2) is 52.0 Å². The van der Waals surface area contributed by atoms with E-state index in [1.165, 1.54) is 0 Å². The molecule has 0 fully saturated rings. The summed E-state index contributed by atoms with van der Waals surface area (Å²) in [6.45, 7) is 0. The van der Waals surface area contributed by atoms with Crippen LogP contribution in [0.5, 0.6) is 5.75 Å². The quantitative estimate of drug-likeness (QED) is 0.654. The largest absolute Gasteiger partial charge is 0.507 e. The first kappa shape index (κ1) is 12.9. The fourth-order valence-electron chi connectivity index (χ4n) is 1.36. The summed E-state index contributed by atoms with van der Waals surface area (Å²) in [6.07, 6.45) is 1.54. The molecule has 18 heavy (non-hydrogen) atoms. The van der Waals surface area contributed by atoms with E-state index in [4.69, 9.17) is 11.6 Å². The fraction of sp³-hybridized carbons (Fsp3) is 0. The summed E-state index contributed by atoms with van der Waals surface area (Å²) in [6, 6.07) is 12.4. The van der Waals surface area contributed by atoms with Crippen LogP contribution in [-0.2, 0) is 0 Å². The number of aromatic hydroxyl groups is 1. The van der Waals surface area contributed by atoms with Crippen molar-refractivity contribution in [1.82, 2.24) is 0 Å². The van der Waals surface area contributed by atoms with Gasteiger partial charge in [-0.1, -0.05) is 33.6 Å². The molecule has 92 valence electrons. The topological polar surface area (TPSA) is 44.6 Å². The van der Waals surface area contributed by atoms with E-state index in [1.807, 2.05) is 12.1 Å². The third-order valence-corrected chi connectivity index (χ3v) is 2.94. The van der Waals surface area contributed by atoms with Crippen LogP contribution in [0.3, 0.4) is 0 Å². The Labute approximate surface area is 118 Å². The van der Waals surface area contributed by atoms with Gasteiger partial charge in [0, 0.05) is 15.1 Å². The van der Waals surface area contributed by atoms with Gasteiger partial charge in [-0.3, -0.25) is 5.43 Å². The second kappa shape index (κ2) is 5.89. The number of hydrogen-bond donors (Lipinski definition) is 2. The standard InChI is InChI=1S/C13H10BrClN2O/c14-10-4-5-13(18)9(6-10)8-16-17-12-3-1-2-11(15)7-12/h1-8,17-18H/b16-8+. The van der Waals surface area contributed by atoms with Gasteiger partial charge in [-0.2, -0.15) is 5.10 Å². The number of phenols is 1. The lowest BCUT2D eigenvalue weighted by Crippen LogP contribution is -1.90. The number of halogens is 2. The first-order valence-electron chi connectivity index (χ1n) is 5.18. The normalized spacial score (nSPS) is 10.8. The minimum atomic E-state index is 0.176. The summed E-state index contributed by atoms with van der Waals surface area (Å²) in [4.78, 5) is 0. The molecule has 0 saturated carbocycles. The van der Waals surface area contributed by atoms with Crippen LogP contribution < -0.4 is 5.43 Å². The number of hydrogen-bond acceptors (Lipinski definition) is 3. The molecule has 0 bridgehead atoms. The zero-order valence-electron chi connectivity index (χ0n) is 9.27. The Balaban J connectivity index is 2.10. The number of benzene rings is 2. The molecule has 0 radical (unpaired) electrons. The highest BCUT2D eigenvalue weighted by atomic mass is 79.9. The third kappa shape index (κ3) is 3.48. The number of nitrogens with one attached hydrogen (secondary N) is 1. The van der Waals surface area contributed by atoms with E-state index < -0.39 is 0 Å². The van der Waals surface area contributed by atoms with Crippen LogP contribution in [0, 0.1) is 0 Å². The summed E-state index contributed by atoms with van der Waals surface area (Å²) in [5.74, 6) is 0.176. The van der Waals surface area contributed by atoms with Crippen molar-refractivity contribution in [2.75, 3.05) is 5.43 Å². The molecule has 3 nitrogen and oxygen atoms in total. The van der Waals surface area contributed by atoms with E-state index in [0.717, 1.165) is 10.2 Å². The summed E-state index contributed by atoms with van der Waals surface area (Å²) in [5, 5.41) is 14.3. The number of nitrogens with zero attached hydrogens (tertiary/aromatic N) is 1. The van der Waals surface area contributed by atoms with E-state index in [-0.39, 0.29) is 5.75 Å².